The third-order valence-corrected chi connectivity index (χ3v) is 5.53. The van der Waals surface area contributed by atoms with Crippen molar-refractivity contribution < 1.29 is 4.79 Å². The maximum Gasteiger partial charge on any atom is 0.272 e. The first-order valence-electron chi connectivity index (χ1n) is 10.8. The Kier molecular flexibility index (Phi) is 4.81. The van der Waals surface area contributed by atoms with Crippen LogP contribution in [-0.4, -0.2) is 36.0 Å². The Morgan fingerprint density at radius 1 is 0.886 bits per heavy atom. The lowest BCUT2D eigenvalue weighted by Gasteiger charge is -2.07. The van der Waals surface area contributed by atoms with Crippen molar-refractivity contribution in [3.8, 4) is 11.4 Å². The molecule has 10 heteroatoms. The maximum atomic E-state index is 12.6. The van der Waals surface area contributed by atoms with Crippen molar-refractivity contribution in [2.24, 2.45) is 0 Å². The van der Waals surface area contributed by atoms with E-state index in [2.05, 4.69) is 40.8 Å². The molecule has 0 radical (unpaired) electrons. The van der Waals surface area contributed by atoms with Crippen LogP contribution in [0.4, 0.5) is 17.2 Å². The molecule has 6 aromatic rings. The van der Waals surface area contributed by atoms with Gasteiger partial charge in [0, 0.05) is 51.7 Å². The zero-order valence-electron chi connectivity index (χ0n) is 18.2. The summed E-state index contributed by atoms with van der Waals surface area (Å²) in [4.78, 5) is 38.8. The van der Waals surface area contributed by atoms with Gasteiger partial charge in [0.15, 0.2) is 5.82 Å². The Balaban J connectivity index is 1.25. The van der Waals surface area contributed by atoms with Gasteiger partial charge >= 0.3 is 0 Å². The molecule has 5 N–H and O–H groups in total. The van der Waals surface area contributed by atoms with Crippen LogP contribution >= 0.6 is 0 Å². The number of aromatic amines is 3. The summed E-state index contributed by atoms with van der Waals surface area (Å²) in [5.74, 6) is 0.859. The highest BCUT2D eigenvalue weighted by molar-refractivity contribution is 6.06. The Hall–Kier alpha value is -5.25. The third kappa shape index (κ3) is 4.11. The zero-order valence-corrected chi connectivity index (χ0v) is 18.2. The highest BCUT2D eigenvalue weighted by atomic mass is 16.2. The summed E-state index contributed by atoms with van der Waals surface area (Å²) in [5, 5.41) is 14.9. The normalized spacial score (nSPS) is 11.1. The van der Waals surface area contributed by atoms with Crippen LogP contribution in [0.1, 0.15) is 10.5 Å². The number of hydrogen-bond acceptors (Lipinski definition) is 6. The van der Waals surface area contributed by atoms with Crippen LogP contribution < -0.4 is 16.2 Å². The average molecular weight is 462 g/mol. The van der Waals surface area contributed by atoms with Gasteiger partial charge in [0.25, 0.3) is 5.91 Å². The molecule has 0 saturated heterocycles. The summed E-state index contributed by atoms with van der Waals surface area (Å²) in [7, 11) is 0. The number of fused-ring (bicyclic) bond motifs is 2. The van der Waals surface area contributed by atoms with Crippen molar-refractivity contribution in [2.45, 2.75) is 0 Å². The van der Waals surface area contributed by atoms with Crippen molar-refractivity contribution in [3.05, 3.63) is 95.3 Å². The molecule has 0 saturated carbocycles. The van der Waals surface area contributed by atoms with Crippen LogP contribution in [-0.2, 0) is 0 Å². The Morgan fingerprint density at radius 2 is 1.83 bits per heavy atom. The van der Waals surface area contributed by atoms with Crippen molar-refractivity contribution in [1.29, 1.82) is 0 Å². The number of anilines is 3. The standard InChI is InChI=1S/C25H18N8O2/c34-23-12-18(5-7-26-23)30-25(35)21-10-14-1-2-15(11-20(14)31-21)24-27-8-6-22(32-24)29-17-3-4-19-16(9-17)13-28-33-19/h1-13,31H,(H,28,33)(H,27,29,32)(H2,26,30,34,35). The van der Waals surface area contributed by atoms with Crippen LogP contribution in [0.2, 0.25) is 0 Å². The minimum absolute atomic E-state index is 0.289. The average Bonchev–Trinajstić information content (AvgIpc) is 3.50. The Morgan fingerprint density at radius 3 is 2.74 bits per heavy atom. The van der Waals surface area contributed by atoms with E-state index in [4.69, 9.17) is 0 Å². The number of pyridine rings is 1. The highest BCUT2D eigenvalue weighted by Gasteiger charge is 2.12. The lowest BCUT2D eigenvalue weighted by molar-refractivity contribution is 0.102. The van der Waals surface area contributed by atoms with Gasteiger partial charge in [-0.15, -0.1) is 0 Å². The quantitative estimate of drug-likeness (QED) is 0.260. The summed E-state index contributed by atoms with van der Waals surface area (Å²) in [6.07, 6.45) is 4.94. The molecular formula is C25H18N8O2. The number of aromatic nitrogens is 6. The minimum Gasteiger partial charge on any atom is -0.350 e. The molecule has 10 nitrogen and oxygen atoms in total. The lowest BCUT2D eigenvalue weighted by atomic mass is 10.1. The van der Waals surface area contributed by atoms with Gasteiger partial charge in [-0.25, -0.2) is 9.97 Å². The molecule has 0 atom stereocenters. The van der Waals surface area contributed by atoms with Gasteiger partial charge in [-0.2, -0.15) is 5.10 Å². The molecule has 6 rings (SSSR count). The topological polar surface area (TPSA) is 144 Å². The number of carbonyl (C=O) groups excluding carboxylic acids is 1. The number of carbonyl (C=O) groups is 1. The van der Waals surface area contributed by atoms with Gasteiger partial charge < -0.3 is 20.6 Å². The van der Waals surface area contributed by atoms with Crippen molar-refractivity contribution in [2.75, 3.05) is 10.6 Å². The van der Waals surface area contributed by atoms with Crippen LogP contribution in [0.5, 0.6) is 0 Å². The monoisotopic (exact) mass is 462 g/mol. The van der Waals surface area contributed by atoms with Crippen molar-refractivity contribution >= 4 is 44.9 Å². The minimum atomic E-state index is -0.342. The maximum absolute atomic E-state index is 12.6. The van der Waals surface area contributed by atoms with E-state index in [9.17, 15) is 9.59 Å². The second-order valence-electron chi connectivity index (χ2n) is 7.94. The third-order valence-electron chi connectivity index (χ3n) is 5.53. The van der Waals surface area contributed by atoms with Gasteiger partial charge in [-0.05, 0) is 42.5 Å². The van der Waals surface area contributed by atoms with E-state index in [0.29, 0.717) is 23.0 Å². The summed E-state index contributed by atoms with van der Waals surface area (Å²) in [6.45, 7) is 0. The number of H-pyrrole nitrogens is 3. The number of hydrogen-bond donors (Lipinski definition) is 5. The van der Waals surface area contributed by atoms with Crippen LogP contribution in [0, 0.1) is 0 Å². The van der Waals surface area contributed by atoms with Crippen LogP contribution in [0.3, 0.4) is 0 Å². The van der Waals surface area contributed by atoms with Crippen LogP contribution in [0.25, 0.3) is 33.2 Å². The van der Waals surface area contributed by atoms with Gasteiger partial charge in [0.1, 0.15) is 11.5 Å². The molecule has 0 aliphatic carbocycles. The molecule has 1 amide bonds. The molecule has 0 aliphatic rings. The molecule has 4 aromatic heterocycles. The van der Waals surface area contributed by atoms with E-state index in [0.717, 1.165) is 33.1 Å². The first kappa shape index (κ1) is 20.4. The summed E-state index contributed by atoms with van der Waals surface area (Å²) in [6, 6.07) is 18.1. The molecular weight excluding hydrogens is 444 g/mol. The predicted octanol–water partition coefficient (Wildman–Crippen LogP) is 4.19. The predicted molar refractivity (Wildman–Crippen MR) is 134 cm³/mol. The highest BCUT2D eigenvalue weighted by Crippen LogP contribution is 2.25. The number of rotatable bonds is 5. The van der Waals surface area contributed by atoms with E-state index in [1.165, 1.54) is 12.3 Å². The number of nitrogens with zero attached hydrogens (tertiary/aromatic N) is 3. The van der Waals surface area contributed by atoms with Crippen molar-refractivity contribution in [1.82, 2.24) is 30.1 Å². The van der Waals surface area contributed by atoms with E-state index in [1.807, 2.05) is 36.4 Å². The molecule has 0 spiro atoms. The fraction of sp³-hybridized carbons (Fsp3) is 0. The van der Waals surface area contributed by atoms with Gasteiger partial charge in [0.05, 0.1) is 11.7 Å². The summed E-state index contributed by atoms with van der Waals surface area (Å²) >= 11 is 0. The Labute approximate surface area is 197 Å². The number of nitrogens with one attached hydrogen (secondary N) is 5. The molecule has 4 heterocycles. The molecule has 0 unspecified atom stereocenters. The second-order valence-corrected chi connectivity index (χ2v) is 7.94. The Bertz CT molecular complexity index is 1760. The van der Waals surface area contributed by atoms with E-state index < -0.39 is 0 Å². The van der Waals surface area contributed by atoms with Crippen molar-refractivity contribution in [3.63, 3.8) is 0 Å². The first-order valence-corrected chi connectivity index (χ1v) is 10.8. The van der Waals surface area contributed by atoms with Crippen LogP contribution in [0.15, 0.2) is 84.0 Å². The molecule has 2 aromatic carbocycles. The zero-order chi connectivity index (χ0) is 23.8. The molecule has 170 valence electrons. The van der Waals surface area contributed by atoms with E-state index >= 15 is 0 Å². The van der Waals surface area contributed by atoms with Gasteiger partial charge in [-0.1, -0.05) is 12.1 Å². The SMILES string of the molecule is O=C(Nc1cc[nH]c(=O)c1)c1cc2ccc(-c3nccc(Nc4ccc5[nH]ncc5c4)n3)cc2[nH]1. The second kappa shape index (κ2) is 8.27. The number of amides is 1. The molecule has 35 heavy (non-hydrogen) atoms. The van der Waals surface area contributed by atoms with E-state index in [-0.39, 0.29) is 11.5 Å². The van der Waals surface area contributed by atoms with Gasteiger partial charge in [-0.3, -0.25) is 14.7 Å². The summed E-state index contributed by atoms with van der Waals surface area (Å²) in [5.41, 5.74) is 3.93. The van der Waals surface area contributed by atoms with E-state index in [1.54, 1.807) is 30.6 Å². The smallest absolute Gasteiger partial charge is 0.272 e. The molecule has 0 bridgehead atoms. The van der Waals surface area contributed by atoms with Gasteiger partial charge in [0.2, 0.25) is 5.56 Å². The first-order chi connectivity index (χ1) is 17.1. The fourth-order valence-corrected chi connectivity index (χ4v) is 3.84. The largest absolute Gasteiger partial charge is 0.350 e. The molecule has 0 fully saturated rings. The fourth-order valence-electron chi connectivity index (χ4n) is 3.84. The number of benzene rings is 2. The lowest BCUT2D eigenvalue weighted by Crippen LogP contribution is -2.14. The molecule has 0 aliphatic heterocycles. The summed E-state index contributed by atoms with van der Waals surface area (Å²) < 4.78 is 0.